The summed E-state index contributed by atoms with van der Waals surface area (Å²) in [7, 11) is 0. The average Bonchev–Trinajstić information content (AvgIpc) is 3.58. The number of aromatic amines is 1. The van der Waals surface area contributed by atoms with Gasteiger partial charge in [-0.2, -0.15) is 12.6 Å². The number of carbonyl (C=O) groups excluding carboxylic acids is 1. The number of aliphatic hydroxyl groups is 1. The monoisotopic (exact) mass is 639 g/mol. The Labute approximate surface area is 269 Å². The third-order valence-corrected chi connectivity index (χ3v) is 9.82. The standard InChI is InChI=1S/C33H45N5O6S/c1-6-20-16(2)25(36-32(20)44)13-24-17(3)21(7-9-29(39)40)26(35-24)14-27-23(8-10-30(41)42)19(5)33(34,38-27)15-28-22(11-12-45)18(4)31(43)37-28/h6,14-16,18,22,25,35-36,38,44-45H,1,7-13,34H2,2-5H3,(H,37,43)(H,39,40)(H,41,42)/b27-14-,28-15-/t16?,18-,22-,25-,33+/m1/s1. The maximum atomic E-state index is 12.6. The summed E-state index contributed by atoms with van der Waals surface area (Å²) in [6, 6.07) is -0.0985. The van der Waals surface area contributed by atoms with E-state index in [2.05, 4.69) is 40.1 Å². The van der Waals surface area contributed by atoms with Crippen LogP contribution in [0.2, 0.25) is 0 Å². The first-order valence-corrected chi connectivity index (χ1v) is 15.9. The minimum atomic E-state index is -1.19. The van der Waals surface area contributed by atoms with Gasteiger partial charge >= 0.3 is 11.9 Å². The summed E-state index contributed by atoms with van der Waals surface area (Å²) in [4.78, 5) is 39.2. The van der Waals surface area contributed by atoms with Crippen LogP contribution in [0.5, 0.6) is 0 Å². The van der Waals surface area contributed by atoms with E-state index in [0.29, 0.717) is 35.7 Å². The van der Waals surface area contributed by atoms with E-state index in [9.17, 15) is 29.7 Å². The Balaban J connectivity index is 1.76. The minimum absolute atomic E-state index is 0.00949. The SMILES string of the molecule is C=CC1=C(O)N[C@H](Cc2[nH]c(/C=C3\N[C@@](N)(/C=C4\NC(=O)[C@H](C)[C@H]4CCS)C(C)=C3CCC(=O)O)c(CCC(=O)O)c2C)C1C. The molecule has 3 aliphatic heterocycles. The Bertz CT molecular complexity index is 1520. The number of hydrogen-bond acceptors (Lipinski definition) is 8. The maximum absolute atomic E-state index is 12.6. The van der Waals surface area contributed by atoms with Crippen molar-refractivity contribution in [2.75, 3.05) is 5.75 Å². The Morgan fingerprint density at radius 3 is 2.38 bits per heavy atom. The molecule has 1 aromatic rings. The Morgan fingerprint density at radius 1 is 1.11 bits per heavy atom. The van der Waals surface area contributed by atoms with Crippen molar-refractivity contribution in [2.45, 2.75) is 77.9 Å². The van der Waals surface area contributed by atoms with Crippen molar-refractivity contribution in [2.24, 2.45) is 23.5 Å². The molecule has 1 amide bonds. The molecule has 0 saturated carbocycles. The van der Waals surface area contributed by atoms with Crippen LogP contribution in [-0.2, 0) is 27.2 Å². The number of nitrogens with two attached hydrogens (primary N) is 1. The summed E-state index contributed by atoms with van der Waals surface area (Å²) in [6.45, 7) is 11.5. The lowest BCUT2D eigenvalue weighted by Crippen LogP contribution is -2.49. The summed E-state index contributed by atoms with van der Waals surface area (Å²) in [5, 5.41) is 38.9. The fraction of sp³-hybridized carbons (Fsp3) is 0.485. The third-order valence-electron chi connectivity index (χ3n) is 9.56. The molecule has 5 atom stereocenters. The smallest absolute Gasteiger partial charge is 0.303 e. The highest BCUT2D eigenvalue weighted by Crippen LogP contribution is 2.38. The zero-order valence-corrected chi connectivity index (χ0v) is 27.2. The number of carbonyl (C=O) groups is 3. The Hall–Kier alpha value is -3.90. The molecule has 0 radical (unpaired) electrons. The molecule has 1 saturated heterocycles. The highest BCUT2D eigenvalue weighted by Gasteiger charge is 2.41. The molecule has 45 heavy (non-hydrogen) atoms. The lowest BCUT2D eigenvalue weighted by Gasteiger charge is -2.26. The number of rotatable bonds is 13. The van der Waals surface area contributed by atoms with Crippen molar-refractivity contribution in [1.82, 2.24) is 20.9 Å². The third kappa shape index (κ3) is 7.01. The van der Waals surface area contributed by atoms with Crippen LogP contribution in [0.1, 0.15) is 69.0 Å². The van der Waals surface area contributed by atoms with E-state index in [1.165, 1.54) is 0 Å². The Kier molecular flexibility index (Phi) is 10.3. The van der Waals surface area contributed by atoms with Crippen molar-refractivity contribution in [1.29, 1.82) is 0 Å². The van der Waals surface area contributed by atoms with Crippen molar-refractivity contribution in [3.63, 3.8) is 0 Å². The Morgan fingerprint density at radius 2 is 1.78 bits per heavy atom. The van der Waals surface area contributed by atoms with Gasteiger partial charge in [0.15, 0.2) is 5.88 Å². The molecule has 12 heteroatoms. The number of aromatic nitrogens is 1. The topological polar surface area (TPSA) is 190 Å². The first-order chi connectivity index (χ1) is 21.2. The fourth-order valence-electron chi connectivity index (χ4n) is 6.69. The van der Waals surface area contributed by atoms with Gasteiger partial charge in [-0.25, -0.2) is 0 Å². The van der Waals surface area contributed by atoms with Crippen LogP contribution in [0.25, 0.3) is 6.08 Å². The first-order valence-electron chi connectivity index (χ1n) is 15.3. The lowest BCUT2D eigenvalue weighted by atomic mass is 9.89. The number of allylic oxidation sites excluding steroid dienone is 3. The summed E-state index contributed by atoms with van der Waals surface area (Å²) in [6.07, 6.45) is 6.91. The van der Waals surface area contributed by atoms with Crippen LogP contribution in [0.4, 0.5) is 0 Å². The van der Waals surface area contributed by atoms with Crippen LogP contribution < -0.4 is 21.7 Å². The largest absolute Gasteiger partial charge is 0.495 e. The van der Waals surface area contributed by atoms with Gasteiger partial charge in [0.05, 0.1) is 0 Å². The summed E-state index contributed by atoms with van der Waals surface area (Å²) in [5.41, 5.74) is 12.7. The first kappa shape index (κ1) is 34.0. The number of carboxylic acid groups (broad SMARTS) is 2. The van der Waals surface area contributed by atoms with Gasteiger partial charge in [0.2, 0.25) is 5.91 Å². The van der Waals surface area contributed by atoms with Crippen molar-refractivity contribution < 1.29 is 29.7 Å². The second kappa shape index (κ2) is 13.6. The quantitative estimate of drug-likeness (QED) is 0.145. The second-order valence-electron chi connectivity index (χ2n) is 12.3. The van der Waals surface area contributed by atoms with Crippen LogP contribution in [0.3, 0.4) is 0 Å². The second-order valence-corrected chi connectivity index (χ2v) is 12.8. The van der Waals surface area contributed by atoms with Crippen molar-refractivity contribution in [3.8, 4) is 0 Å². The van der Waals surface area contributed by atoms with Gasteiger partial charge in [0.25, 0.3) is 0 Å². The number of nitrogens with one attached hydrogen (secondary N) is 4. The van der Waals surface area contributed by atoms with Gasteiger partial charge in [0, 0.05) is 71.4 Å². The molecule has 1 fully saturated rings. The number of aliphatic hydroxyl groups excluding tert-OH is 1. The molecule has 0 aliphatic carbocycles. The molecule has 11 nitrogen and oxygen atoms in total. The van der Waals surface area contributed by atoms with Crippen molar-refractivity contribution >= 4 is 36.6 Å². The molecular formula is C33H45N5O6S. The van der Waals surface area contributed by atoms with Gasteiger partial charge in [0.1, 0.15) is 5.66 Å². The van der Waals surface area contributed by atoms with E-state index in [4.69, 9.17) is 5.73 Å². The van der Waals surface area contributed by atoms with E-state index in [-0.39, 0.29) is 61.3 Å². The summed E-state index contributed by atoms with van der Waals surface area (Å²) in [5.74, 6) is -1.52. The van der Waals surface area contributed by atoms with E-state index >= 15 is 0 Å². The highest BCUT2D eigenvalue weighted by atomic mass is 32.1. The minimum Gasteiger partial charge on any atom is -0.495 e. The fourth-order valence-corrected chi connectivity index (χ4v) is 6.97. The van der Waals surface area contributed by atoms with Gasteiger partial charge < -0.3 is 42.0 Å². The zero-order chi connectivity index (χ0) is 33.2. The normalized spacial score (nSPS) is 28.2. The molecule has 9 N–H and O–H groups in total. The van der Waals surface area contributed by atoms with Crippen LogP contribution in [0, 0.1) is 24.7 Å². The molecule has 0 aromatic carbocycles. The lowest BCUT2D eigenvalue weighted by molar-refractivity contribution is -0.138. The summed E-state index contributed by atoms with van der Waals surface area (Å²) < 4.78 is 0. The van der Waals surface area contributed by atoms with Crippen molar-refractivity contribution in [3.05, 3.63) is 75.2 Å². The molecule has 4 heterocycles. The number of H-pyrrole nitrogens is 1. The molecule has 244 valence electrons. The average molecular weight is 640 g/mol. The predicted molar refractivity (Wildman–Crippen MR) is 176 cm³/mol. The molecular weight excluding hydrogens is 594 g/mol. The van der Waals surface area contributed by atoms with Crippen LogP contribution in [0.15, 0.2) is 52.7 Å². The zero-order valence-electron chi connectivity index (χ0n) is 26.3. The molecule has 0 spiro atoms. The van der Waals surface area contributed by atoms with Crippen LogP contribution in [-0.4, -0.2) is 55.6 Å². The van der Waals surface area contributed by atoms with Gasteiger partial charge in [-0.05, 0) is 73.3 Å². The highest BCUT2D eigenvalue weighted by molar-refractivity contribution is 7.80. The van der Waals surface area contributed by atoms with E-state index in [1.54, 1.807) is 6.08 Å². The van der Waals surface area contributed by atoms with E-state index < -0.39 is 17.6 Å². The number of carboxylic acids is 2. The maximum Gasteiger partial charge on any atom is 0.303 e. The molecule has 0 bridgehead atoms. The summed E-state index contributed by atoms with van der Waals surface area (Å²) >= 11 is 4.38. The van der Waals surface area contributed by atoms with Gasteiger partial charge in [-0.15, -0.1) is 0 Å². The van der Waals surface area contributed by atoms with Crippen LogP contribution >= 0.6 is 12.6 Å². The molecule has 3 aliphatic rings. The number of aliphatic carboxylic acids is 2. The number of amides is 1. The number of thiol groups is 1. The van der Waals surface area contributed by atoms with E-state index in [1.807, 2.05) is 39.8 Å². The predicted octanol–water partition coefficient (Wildman–Crippen LogP) is 3.81. The number of hydrogen-bond donors (Lipinski definition) is 9. The molecule has 1 unspecified atom stereocenters. The van der Waals surface area contributed by atoms with Gasteiger partial charge in [-0.1, -0.05) is 26.5 Å². The van der Waals surface area contributed by atoms with E-state index in [0.717, 1.165) is 33.5 Å². The molecule has 1 aromatic heterocycles. The molecule has 4 rings (SSSR count). The van der Waals surface area contributed by atoms with Gasteiger partial charge in [-0.3, -0.25) is 14.4 Å².